The summed E-state index contributed by atoms with van der Waals surface area (Å²) in [6.45, 7) is 5.02. The van der Waals surface area contributed by atoms with E-state index in [1.807, 2.05) is 12.1 Å². The first kappa shape index (κ1) is 21.4. The summed E-state index contributed by atoms with van der Waals surface area (Å²) in [7, 11) is 0. The van der Waals surface area contributed by atoms with Gasteiger partial charge in [0.15, 0.2) is 0 Å². The van der Waals surface area contributed by atoms with Crippen LogP contribution in [0.2, 0.25) is 0 Å². The van der Waals surface area contributed by atoms with Crippen LogP contribution in [0.15, 0.2) is 54.7 Å². The van der Waals surface area contributed by atoms with E-state index in [-0.39, 0.29) is 5.75 Å². The number of halogens is 3. The molecule has 0 atom stereocenters. The SMILES string of the molecule is FC(F)(F)Oc1ccc(CCCCN2CCN(c3[c]c4cccnc4cc3)CC2)cc1. The molecule has 0 unspecified atom stereocenters. The van der Waals surface area contributed by atoms with E-state index in [0.29, 0.717) is 0 Å². The fourth-order valence-corrected chi connectivity index (χ4v) is 3.91. The molecule has 0 N–H and O–H groups in total. The number of aryl methyl sites for hydroxylation is 1. The van der Waals surface area contributed by atoms with E-state index in [1.54, 1.807) is 18.3 Å². The molecule has 0 bridgehead atoms. The molecule has 0 spiro atoms. The normalized spacial score (nSPS) is 15.4. The number of hydrogen-bond acceptors (Lipinski definition) is 4. The lowest BCUT2D eigenvalue weighted by Gasteiger charge is -2.36. The van der Waals surface area contributed by atoms with E-state index in [1.165, 1.54) is 12.1 Å². The van der Waals surface area contributed by atoms with Gasteiger partial charge >= 0.3 is 6.36 Å². The third-order valence-corrected chi connectivity index (χ3v) is 5.56. The second-order valence-electron chi connectivity index (χ2n) is 7.76. The molecule has 1 aliphatic heterocycles. The van der Waals surface area contributed by atoms with Crippen molar-refractivity contribution in [3.05, 3.63) is 66.4 Å². The summed E-state index contributed by atoms with van der Waals surface area (Å²) in [5.41, 5.74) is 3.12. The molecule has 0 saturated carbocycles. The van der Waals surface area contributed by atoms with Gasteiger partial charge in [0.2, 0.25) is 0 Å². The van der Waals surface area contributed by atoms with Gasteiger partial charge in [0.25, 0.3) is 0 Å². The van der Waals surface area contributed by atoms with Crippen LogP contribution in [0.1, 0.15) is 18.4 Å². The van der Waals surface area contributed by atoms with Gasteiger partial charge in [0.1, 0.15) is 5.75 Å². The summed E-state index contributed by atoms with van der Waals surface area (Å²) in [5.74, 6) is -0.172. The minimum Gasteiger partial charge on any atom is -0.406 e. The van der Waals surface area contributed by atoms with Gasteiger partial charge in [0, 0.05) is 49.5 Å². The monoisotopic (exact) mass is 428 g/mol. The van der Waals surface area contributed by atoms with Gasteiger partial charge in [-0.05, 0) is 61.7 Å². The molecule has 4 rings (SSSR count). The van der Waals surface area contributed by atoms with Crippen molar-refractivity contribution in [1.82, 2.24) is 9.88 Å². The van der Waals surface area contributed by atoms with E-state index in [4.69, 9.17) is 0 Å². The molecule has 7 heteroatoms. The topological polar surface area (TPSA) is 28.6 Å². The van der Waals surface area contributed by atoms with Crippen LogP contribution in [0.4, 0.5) is 18.9 Å². The third-order valence-electron chi connectivity index (χ3n) is 5.56. The Kier molecular flexibility index (Phi) is 6.61. The third kappa shape index (κ3) is 6.10. The van der Waals surface area contributed by atoms with Crippen molar-refractivity contribution in [2.24, 2.45) is 0 Å². The Balaban J connectivity index is 1.17. The van der Waals surface area contributed by atoms with Gasteiger partial charge in [-0.2, -0.15) is 0 Å². The predicted octanol–water partition coefficient (Wildman–Crippen LogP) is 5.08. The lowest BCUT2D eigenvalue weighted by molar-refractivity contribution is -0.274. The lowest BCUT2D eigenvalue weighted by Crippen LogP contribution is -2.46. The second-order valence-corrected chi connectivity index (χ2v) is 7.76. The van der Waals surface area contributed by atoms with Crippen molar-refractivity contribution >= 4 is 16.6 Å². The van der Waals surface area contributed by atoms with Crippen molar-refractivity contribution in [3.63, 3.8) is 0 Å². The average Bonchev–Trinajstić information content (AvgIpc) is 2.77. The molecular formula is C24H25F3N3O. The molecule has 31 heavy (non-hydrogen) atoms. The highest BCUT2D eigenvalue weighted by Gasteiger charge is 2.30. The summed E-state index contributed by atoms with van der Waals surface area (Å²) < 4.78 is 40.6. The maximum absolute atomic E-state index is 12.2. The lowest BCUT2D eigenvalue weighted by atomic mass is 10.1. The largest absolute Gasteiger partial charge is 0.573 e. The van der Waals surface area contributed by atoms with E-state index in [2.05, 4.69) is 37.7 Å². The Morgan fingerprint density at radius 2 is 1.71 bits per heavy atom. The van der Waals surface area contributed by atoms with Gasteiger partial charge in [-0.25, -0.2) is 0 Å². The molecule has 2 aromatic carbocycles. The smallest absolute Gasteiger partial charge is 0.406 e. The van der Waals surface area contributed by atoms with Gasteiger partial charge in [-0.15, -0.1) is 13.2 Å². The molecule has 3 aromatic rings. The highest BCUT2D eigenvalue weighted by Crippen LogP contribution is 2.24. The first-order chi connectivity index (χ1) is 15.0. The maximum Gasteiger partial charge on any atom is 0.573 e. The minimum absolute atomic E-state index is 0.172. The summed E-state index contributed by atoms with van der Waals surface area (Å²) in [5, 5.41) is 1.04. The summed E-state index contributed by atoms with van der Waals surface area (Å²) in [4.78, 5) is 9.19. The highest BCUT2D eigenvalue weighted by molar-refractivity contribution is 5.81. The van der Waals surface area contributed by atoms with E-state index in [0.717, 1.165) is 74.1 Å². The zero-order valence-corrected chi connectivity index (χ0v) is 17.2. The Hall–Kier alpha value is -2.80. The van der Waals surface area contributed by atoms with Gasteiger partial charge < -0.3 is 9.64 Å². The van der Waals surface area contributed by atoms with Crippen molar-refractivity contribution in [2.45, 2.75) is 25.6 Å². The Bertz CT molecular complexity index is 983. The quantitative estimate of drug-likeness (QED) is 0.491. The van der Waals surface area contributed by atoms with Crippen LogP contribution in [0.25, 0.3) is 10.9 Å². The molecule has 0 aliphatic carbocycles. The van der Waals surface area contributed by atoms with Crippen molar-refractivity contribution in [1.29, 1.82) is 0 Å². The maximum atomic E-state index is 12.2. The number of rotatable bonds is 7. The van der Waals surface area contributed by atoms with Crippen molar-refractivity contribution < 1.29 is 17.9 Å². The fourth-order valence-electron chi connectivity index (χ4n) is 3.91. The number of piperazine rings is 1. The fraction of sp³-hybridized carbons (Fsp3) is 0.375. The molecule has 1 radical (unpaired) electrons. The van der Waals surface area contributed by atoms with E-state index in [9.17, 15) is 13.2 Å². The number of unbranched alkanes of at least 4 members (excludes halogenated alkanes) is 1. The van der Waals surface area contributed by atoms with Gasteiger partial charge in [-0.1, -0.05) is 18.2 Å². The van der Waals surface area contributed by atoms with Crippen LogP contribution < -0.4 is 9.64 Å². The van der Waals surface area contributed by atoms with Crippen LogP contribution in [-0.4, -0.2) is 49.0 Å². The van der Waals surface area contributed by atoms with E-state index < -0.39 is 6.36 Å². The molecule has 0 amide bonds. The number of aromatic nitrogens is 1. The Morgan fingerprint density at radius 3 is 2.45 bits per heavy atom. The first-order valence-electron chi connectivity index (χ1n) is 10.6. The minimum atomic E-state index is -4.64. The Morgan fingerprint density at radius 1 is 0.935 bits per heavy atom. The average molecular weight is 428 g/mol. The number of fused-ring (bicyclic) bond motifs is 1. The molecule has 1 saturated heterocycles. The number of benzene rings is 2. The summed E-state index contributed by atoms with van der Waals surface area (Å²) in [6.07, 6.45) is 0.0765. The molecule has 1 fully saturated rings. The number of ether oxygens (including phenoxy) is 1. The number of anilines is 1. The zero-order valence-electron chi connectivity index (χ0n) is 17.2. The van der Waals surface area contributed by atoms with Crippen molar-refractivity contribution in [2.75, 3.05) is 37.6 Å². The van der Waals surface area contributed by atoms with Crippen LogP contribution in [-0.2, 0) is 6.42 Å². The van der Waals surface area contributed by atoms with Crippen LogP contribution in [0.5, 0.6) is 5.75 Å². The van der Waals surface area contributed by atoms with Gasteiger partial charge in [0.05, 0.1) is 5.52 Å². The van der Waals surface area contributed by atoms with E-state index >= 15 is 0 Å². The number of nitrogens with zero attached hydrogens (tertiary/aromatic N) is 3. The Labute approximate surface area is 180 Å². The van der Waals surface area contributed by atoms with Crippen LogP contribution in [0, 0.1) is 6.07 Å². The highest BCUT2D eigenvalue weighted by atomic mass is 19.4. The molecular weight excluding hydrogens is 403 g/mol. The molecule has 4 nitrogen and oxygen atoms in total. The first-order valence-corrected chi connectivity index (χ1v) is 10.6. The number of hydrogen-bond donors (Lipinski definition) is 0. The summed E-state index contributed by atoms with van der Waals surface area (Å²) in [6, 6.07) is 17.8. The predicted molar refractivity (Wildman–Crippen MR) is 115 cm³/mol. The molecule has 1 aliphatic rings. The number of pyridine rings is 1. The standard InChI is InChI=1S/C24H25F3N3O/c25-24(26,27)31-22-9-6-19(7-10-22)4-1-2-13-29-14-16-30(17-15-29)21-8-11-23-20(18-21)5-3-12-28-23/h3,5-12H,1-2,4,13-17H2. The number of alkyl halides is 3. The van der Waals surface area contributed by atoms with Crippen LogP contribution in [0.3, 0.4) is 0 Å². The molecule has 1 aromatic heterocycles. The van der Waals surface area contributed by atoms with Gasteiger partial charge in [-0.3, -0.25) is 9.88 Å². The molecule has 2 heterocycles. The second kappa shape index (κ2) is 9.56. The van der Waals surface area contributed by atoms with Crippen molar-refractivity contribution in [3.8, 4) is 5.75 Å². The molecule has 163 valence electrons. The van der Waals surface area contributed by atoms with Crippen LogP contribution >= 0.6 is 0 Å². The zero-order chi connectivity index (χ0) is 21.7. The summed E-state index contributed by atoms with van der Waals surface area (Å²) >= 11 is 0.